The lowest BCUT2D eigenvalue weighted by Crippen LogP contribution is -2.48. The molecule has 1 aliphatic rings. The van der Waals surface area contributed by atoms with E-state index in [9.17, 15) is 14.4 Å². The molecule has 3 aromatic rings. The van der Waals surface area contributed by atoms with Gasteiger partial charge in [-0.15, -0.1) is 0 Å². The Balaban J connectivity index is 1.44. The van der Waals surface area contributed by atoms with Crippen molar-refractivity contribution < 1.29 is 19.1 Å². The number of ether oxygens (including phenoxy) is 1. The molecule has 1 saturated heterocycles. The highest BCUT2D eigenvalue weighted by Gasteiger charge is 2.33. The van der Waals surface area contributed by atoms with Crippen LogP contribution in [0.2, 0.25) is 0 Å². The van der Waals surface area contributed by atoms with E-state index in [0.29, 0.717) is 36.4 Å². The van der Waals surface area contributed by atoms with Crippen molar-refractivity contribution in [1.29, 1.82) is 0 Å². The lowest BCUT2D eigenvalue weighted by molar-refractivity contribution is -0.149. The van der Waals surface area contributed by atoms with Gasteiger partial charge in [0.15, 0.2) is 0 Å². The molecule has 2 amide bonds. The Labute approximate surface area is 191 Å². The van der Waals surface area contributed by atoms with Crippen molar-refractivity contribution in [2.45, 2.75) is 32.2 Å². The maximum atomic E-state index is 13.1. The number of esters is 1. The molecule has 0 saturated carbocycles. The largest absolute Gasteiger partial charge is 0.464 e. The number of piperidine rings is 1. The number of nitrogens with one attached hydrogen (secondary N) is 1. The second-order valence-corrected chi connectivity index (χ2v) is 7.68. The Morgan fingerprint density at radius 1 is 1.09 bits per heavy atom. The molecule has 1 fully saturated rings. The number of anilines is 1. The number of pyridine rings is 1. The van der Waals surface area contributed by atoms with Gasteiger partial charge in [-0.25, -0.2) is 9.48 Å². The number of likely N-dealkylation sites (tertiary alicyclic amines) is 1. The van der Waals surface area contributed by atoms with Crippen LogP contribution in [0.3, 0.4) is 0 Å². The monoisotopic (exact) mass is 447 g/mol. The molecule has 1 aliphatic heterocycles. The van der Waals surface area contributed by atoms with Crippen LogP contribution in [0.1, 0.15) is 46.9 Å². The van der Waals surface area contributed by atoms with Gasteiger partial charge in [0.25, 0.3) is 11.8 Å². The summed E-state index contributed by atoms with van der Waals surface area (Å²) in [6.45, 7) is 2.58. The van der Waals surface area contributed by atoms with Gasteiger partial charge in [-0.1, -0.05) is 0 Å². The summed E-state index contributed by atoms with van der Waals surface area (Å²) >= 11 is 0. The van der Waals surface area contributed by atoms with Crippen molar-refractivity contribution in [3.05, 3.63) is 72.3 Å². The number of carbonyl (C=O) groups excluding carboxylic acids is 3. The van der Waals surface area contributed by atoms with Crippen molar-refractivity contribution >= 4 is 23.5 Å². The smallest absolute Gasteiger partial charge is 0.328 e. The first-order valence-electron chi connectivity index (χ1n) is 10.9. The summed E-state index contributed by atoms with van der Waals surface area (Å²) in [6.07, 6.45) is 8.70. The molecule has 1 atom stereocenters. The van der Waals surface area contributed by atoms with Gasteiger partial charge in [-0.2, -0.15) is 5.10 Å². The SMILES string of the molecule is CCOC(=O)C1CCCCN1C(=O)c1ccc(-n2cc(NC(=O)c3cccnc3)cn2)cc1. The van der Waals surface area contributed by atoms with Crippen LogP contribution in [-0.4, -0.2) is 56.6 Å². The zero-order valence-electron chi connectivity index (χ0n) is 18.3. The van der Waals surface area contributed by atoms with E-state index in [-0.39, 0.29) is 17.8 Å². The maximum absolute atomic E-state index is 13.1. The van der Waals surface area contributed by atoms with Crippen LogP contribution in [0.4, 0.5) is 5.69 Å². The summed E-state index contributed by atoms with van der Waals surface area (Å²) in [7, 11) is 0. The van der Waals surface area contributed by atoms with E-state index in [1.54, 1.807) is 71.5 Å². The lowest BCUT2D eigenvalue weighted by atomic mass is 10.0. The number of benzene rings is 1. The number of carbonyl (C=O) groups is 3. The van der Waals surface area contributed by atoms with Gasteiger partial charge in [-0.3, -0.25) is 14.6 Å². The molecule has 9 heteroatoms. The summed E-state index contributed by atoms with van der Waals surface area (Å²) in [5.41, 5.74) is 2.21. The first kappa shape index (κ1) is 22.2. The standard InChI is InChI=1S/C24H25N5O4/c1-2-33-24(32)21-7-3-4-13-28(21)23(31)17-8-10-20(11-9-17)29-16-19(15-26-29)27-22(30)18-6-5-12-25-14-18/h5-6,8-12,14-16,21H,2-4,7,13H2,1H3,(H,27,30). The highest BCUT2D eigenvalue weighted by molar-refractivity contribution is 6.03. The summed E-state index contributed by atoms with van der Waals surface area (Å²) in [5.74, 6) is -0.815. The molecule has 2 aromatic heterocycles. The molecule has 1 unspecified atom stereocenters. The molecule has 170 valence electrons. The average Bonchev–Trinajstić information content (AvgIpc) is 3.33. The Hall–Kier alpha value is -4.01. The van der Waals surface area contributed by atoms with Gasteiger partial charge < -0.3 is 15.0 Å². The summed E-state index contributed by atoms with van der Waals surface area (Å²) in [4.78, 5) is 43.2. The van der Waals surface area contributed by atoms with Gasteiger partial charge in [0, 0.05) is 24.5 Å². The van der Waals surface area contributed by atoms with Crippen LogP contribution < -0.4 is 5.32 Å². The maximum Gasteiger partial charge on any atom is 0.328 e. The number of rotatable bonds is 6. The number of hydrogen-bond acceptors (Lipinski definition) is 6. The highest BCUT2D eigenvalue weighted by Crippen LogP contribution is 2.22. The molecule has 33 heavy (non-hydrogen) atoms. The minimum atomic E-state index is -0.539. The predicted molar refractivity (Wildman–Crippen MR) is 121 cm³/mol. The van der Waals surface area contributed by atoms with Crippen molar-refractivity contribution in [3.8, 4) is 5.69 Å². The molecule has 1 aromatic carbocycles. The predicted octanol–water partition coefficient (Wildman–Crippen LogP) is 3.08. The Morgan fingerprint density at radius 3 is 2.64 bits per heavy atom. The Kier molecular flexibility index (Phi) is 6.77. The summed E-state index contributed by atoms with van der Waals surface area (Å²) in [6, 6.07) is 9.81. The molecule has 4 rings (SSSR count). The number of hydrogen-bond donors (Lipinski definition) is 1. The zero-order chi connectivity index (χ0) is 23.2. The van der Waals surface area contributed by atoms with E-state index in [2.05, 4.69) is 15.4 Å². The molecule has 0 spiro atoms. The van der Waals surface area contributed by atoms with Gasteiger partial charge in [-0.05, 0) is 62.6 Å². The third kappa shape index (κ3) is 5.08. The molecule has 3 heterocycles. The van der Waals surface area contributed by atoms with Crippen LogP contribution in [-0.2, 0) is 9.53 Å². The van der Waals surface area contributed by atoms with E-state index >= 15 is 0 Å². The van der Waals surface area contributed by atoms with E-state index in [4.69, 9.17) is 4.74 Å². The second kappa shape index (κ2) is 10.1. The third-order valence-corrected chi connectivity index (χ3v) is 5.47. The van der Waals surface area contributed by atoms with Crippen LogP contribution in [0, 0.1) is 0 Å². The Bertz CT molecular complexity index is 1130. The third-order valence-electron chi connectivity index (χ3n) is 5.47. The average molecular weight is 447 g/mol. The topological polar surface area (TPSA) is 106 Å². The lowest BCUT2D eigenvalue weighted by Gasteiger charge is -2.34. The zero-order valence-corrected chi connectivity index (χ0v) is 18.3. The van der Waals surface area contributed by atoms with Crippen LogP contribution in [0.15, 0.2) is 61.2 Å². The first-order valence-corrected chi connectivity index (χ1v) is 10.9. The quantitative estimate of drug-likeness (QED) is 0.582. The van der Waals surface area contributed by atoms with Crippen molar-refractivity contribution in [2.75, 3.05) is 18.5 Å². The first-order chi connectivity index (χ1) is 16.1. The normalized spacial score (nSPS) is 15.7. The minimum absolute atomic E-state index is 0.191. The van der Waals surface area contributed by atoms with E-state index in [0.717, 1.165) is 18.5 Å². The van der Waals surface area contributed by atoms with Gasteiger partial charge in [0.05, 0.1) is 35.9 Å². The van der Waals surface area contributed by atoms with E-state index in [1.165, 1.54) is 6.20 Å². The molecule has 0 aliphatic carbocycles. The van der Waals surface area contributed by atoms with Crippen molar-refractivity contribution in [2.24, 2.45) is 0 Å². The van der Waals surface area contributed by atoms with E-state index in [1.807, 2.05) is 0 Å². The second-order valence-electron chi connectivity index (χ2n) is 7.68. The van der Waals surface area contributed by atoms with Crippen LogP contribution >= 0.6 is 0 Å². The number of aromatic nitrogens is 3. The fraction of sp³-hybridized carbons (Fsp3) is 0.292. The Morgan fingerprint density at radius 2 is 1.91 bits per heavy atom. The molecular formula is C24H25N5O4. The molecule has 1 N–H and O–H groups in total. The molecule has 9 nitrogen and oxygen atoms in total. The van der Waals surface area contributed by atoms with Gasteiger partial charge >= 0.3 is 5.97 Å². The van der Waals surface area contributed by atoms with Crippen LogP contribution in [0.25, 0.3) is 5.69 Å². The van der Waals surface area contributed by atoms with Gasteiger partial charge in [0.2, 0.25) is 0 Å². The molecule has 0 bridgehead atoms. The molecule has 0 radical (unpaired) electrons. The van der Waals surface area contributed by atoms with E-state index < -0.39 is 6.04 Å². The fourth-order valence-electron chi connectivity index (χ4n) is 3.81. The highest BCUT2D eigenvalue weighted by atomic mass is 16.5. The number of nitrogens with zero attached hydrogens (tertiary/aromatic N) is 4. The van der Waals surface area contributed by atoms with Crippen molar-refractivity contribution in [3.63, 3.8) is 0 Å². The van der Waals surface area contributed by atoms with Crippen molar-refractivity contribution in [1.82, 2.24) is 19.7 Å². The molecular weight excluding hydrogens is 422 g/mol. The fourth-order valence-corrected chi connectivity index (χ4v) is 3.81. The van der Waals surface area contributed by atoms with Gasteiger partial charge in [0.1, 0.15) is 6.04 Å². The summed E-state index contributed by atoms with van der Waals surface area (Å²) < 4.78 is 6.76. The van der Waals surface area contributed by atoms with Crippen LogP contribution in [0.5, 0.6) is 0 Å². The number of amides is 2. The summed E-state index contributed by atoms with van der Waals surface area (Å²) in [5, 5.41) is 7.06. The minimum Gasteiger partial charge on any atom is -0.464 e.